The Labute approximate surface area is 141 Å². The zero-order chi connectivity index (χ0) is 17.1. The van der Waals surface area contributed by atoms with Crippen molar-refractivity contribution in [2.75, 3.05) is 25.0 Å². The molecule has 3 rings (SSSR count). The first kappa shape index (κ1) is 16.4. The van der Waals surface area contributed by atoms with Crippen LogP contribution in [0.25, 0.3) is 0 Å². The van der Waals surface area contributed by atoms with Crippen molar-refractivity contribution in [3.63, 3.8) is 0 Å². The number of pyridine rings is 1. The molecule has 1 aliphatic heterocycles. The number of likely N-dealkylation sites (N-methyl/N-ethyl adjacent to an activating group) is 1. The van der Waals surface area contributed by atoms with Crippen molar-refractivity contribution in [1.29, 1.82) is 5.26 Å². The van der Waals surface area contributed by atoms with E-state index in [-0.39, 0.29) is 5.92 Å². The van der Waals surface area contributed by atoms with E-state index in [9.17, 15) is 5.26 Å². The molecule has 2 aromatic rings. The van der Waals surface area contributed by atoms with Crippen LogP contribution < -0.4 is 4.90 Å². The van der Waals surface area contributed by atoms with Gasteiger partial charge in [-0.3, -0.25) is 9.88 Å². The number of aromatic nitrogens is 3. The normalized spacial score (nSPS) is 17.7. The zero-order valence-electron chi connectivity index (χ0n) is 14.3. The van der Waals surface area contributed by atoms with Gasteiger partial charge in [0.05, 0.1) is 17.8 Å². The van der Waals surface area contributed by atoms with E-state index in [1.807, 2.05) is 19.9 Å². The van der Waals surface area contributed by atoms with E-state index in [1.54, 1.807) is 12.4 Å². The van der Waals surface area contributed by atoms with Gasteiger partial charge in [-0.1, -0.05) is 19.0 Å². The second-order valence-electron chi connectivity index (χ2n) is 6.51. The molecule has 1 atom stereocenters. The quantitative estimate of drug-likeness (QED) is 0.832. The van der Waals surface area contributed by atoms with Crippen LogP contribution in [-0.2, 0) is 6.54 Å². The molecule has 0 radical (unpaired) electrons. The first-order chi connectivity index (χ1) is 11.6. The lowest BCUT2D eigenvalue weighted by molar-refractivity contribution is 0.240. The Kier molecular flexibility index (Phi) is 4.76. The first-order valence-electron chi connectivity index (χ1n) is 8.20. The Bertz CT molecular complexity index is 735. The second kappa shape index (κ2) is 6.97. The van der Waals surface area contributed by atoms with E-state index in [4.69, 9.17) is 4.52 Å². The van der Waals surface area contributed by atoms with Crippen LogP contribution in [0.1, 0.15) is 43.5 Å². The summed E-state index contributed by atoms with van der Waals surface area (Å²) in [5.41, 5.74) is 1.59. The molecular formula is C17H22N6O. The molecule has 7 heteroatoms. The number of anilines is 1. The van der Waals surface area contributed by atoms with Gasteiger partial charge >= 0.3 is 0 Å². The van der Waals surface area contributed by atoms with E-state index >= 15 is 0 Å². The lowest BCUT2D eigenvalue weighted by Crippen LogP contribution is -2.34. The summed E-state index contributed by atoms with van der Waals surface area (Å²) in [5, 5.41) is 13.3. The topological polar surface area (TPSA) is 82.1 Å². The molecule has 24 heavy (non-hydrogen) atoms. The van der Waals surface area contributed by atoms with Gasteiger partial charge in [0.25, 0.3) is 0 Å². The lowest BCUT2D eigenvalue weighted by Gasteiger charge is -2.24. The number of hydrogen-bond acceptors (Lipinski definition) is 7. The third-order valence-electron chi connectivity index (χ3n) is 4.41. The van der Waals surface area contributed by atoms with Crippen LogP contribution in [-0.4, -0.2) is 46.2 Å². The average Bonchev–Trinajstić information content (AvgIpc) is 3.24. The average molecular weight is 326 g/mol. The van der Waals surface area contributed by atoms with Gasteiger partial charge in [-0.2, -0.15) is 10.2 Å². The Hall–Kier alpha value is -2.46. The molecule has 0 aromatic carbocycles. The first-order valence-corrected chi connectivity index (χ1v) is 8.20. The molecule has 7 nitrogen and oxygen atoms in total. The Balaban J connectivity index is 1.63. The minimum Gasteiger partial charge on any atom is -0.369 e. The molecule has 0 spiro atoms. The summed E-state index contributed by atoms with van der Waals surface area (Å²) >= 11 is 0. The molecule has 0 bridgehead atoms. The van der Waals surface area contributed by atoms with Gasteiger partial charge in [0.2, 0.25) is 5.89 Å². The minimum absolute atomic E-state index is 0.245. The highest BCUT2D eigenvalue weighted by Gasteiger charge is 2.28. The van der Waals surface area contributed by atoms with Crippen molar-refractivity contribution in [2.24, 2.45) is 0 Å². The number of nitriles is 1. The Morgan fingerprint density at radius 3 is 3.04 bits per heavy atom. The van der Waals surface area contributed by atoms with Gasteiger partial charge in [0, 0.05) is 37.4 Å². The SMILES string of the molecule is CC(C)c1nc(CN(C)C2CCN(c3ccncc3C#N)C2)no1. The van der Waals surface area contributed by atoms with Crippen LogP contribution in [0.5, 0.6) is 0 Å². The van der Waals surface area contributed by atoms with E-state index in [1.165, 1.54) is 0 Å². The van der Waals surface area contributed by atoms with Crippen molar-refractivity contribution in [3.8, 4) is 6.07 Å². The van der Waals surface area contributed by atoms with Gasteiger partial charge in [-0.25, -0.2) is 0 Å². The molecule has 1 saturated heterocycles. The maximum absolute atomic E-state index is 9.24. The predicted molar refractivity (Wildman–Crippen MR) is 89.4 cm³/mol. The van der Waals surface area contributed by atoms with Gasteiger partial charge in [0.15, 0.2) is 5.82 Å². The monoisotopic (exact) mass is 326 g/mol. The Morgan fingerprint density at radius 2 is 2.33 bits per heavy atom. The number of hydrogen-bond donors (Lipinski definition) is 0. The van der Waals surface area contributed by atoms with Crippen LogP contribution in [0.4, 0.5) is 5.69 Å². The molecule has 0 amide bonds. The fourth-order valence-corrected chi connectivity index (χ4v) is 2.99. The smallest absolute Gasteiger partial charge is 0.229 e. The summed E-state index contributed by atoms with van der Waals surface area (Å²) in [4.78, 5) is 13.0. The van der Waals surface area contributed by atoms with Crippen molar-refractivity contribution in [2.45, 2.75) is 38.8 Å². The summed E-state index contributed by atoms with van der Waals surface area (Å²) in [5.74, 6) is 1.65. The second-order valence-corrected chi connectivity index (χ2v) is 6.51. The maximum atomic E-state index is 9.24. The summed E-state index contributed by atoms with van der Waals surface area (Å²) in [7, 11) is 2.08. The molecular weight excluding hydrogens is 304 g/mol. The van der Waals surface area contributed by atoms with Crippen LogP contribution >= 0.6 is 0 Å². The van der Waals surface area contributed by atoms with Gasteiger partial charge in [0.1, 0.15) is 6.07 Å². The fourth-order valence-electron chi connectivity index (χ4n) is 2.99. The van der Waals surface area contributed by atoms with E-state index < -0.39 is 0 Å². The highest BCUT2D eigenvalue weighted by atomic mass is 16.5. The summed E-state index contributed by atoms with van der Waals surface area (Å²) < 4.78 is 5.27. The molecule has 0 N–H and O–H groups in total. The number of nitrogens with zero attached hydrogens (tertiary/aromatic N) is 6. The van der Waals surface area contributed by atoms with Crippen LogP contribution in [0, 0.1) is 11.3 Å². The molecule has 1 aliphatic rings. The van der Waals surface area contributed by atoms with Gasteiger partial charge in [-0.15, -0.1) is 0 Å². The molecule has 1 unspecified atom stereocenters. The molecule has 1 fully saturated rings. The van der Waals surface area contributed by atoms with E-state index in [0.29, 0.717) is 24.0 Å². The van der Waals surface area contributed by atoms with Gasteiger partial charge < -0.3 is 9.42 Å². The molecule has 3 heterocycles. The third kappa shape index (κ3) is 3.39. The highest BCUT2D eigenvalue weighted by Crippen LogP contribution is 2.25. The largest absolute Gasteiger partial charge is 0.369 e. The highest BCUT2D eigenvalue weighted by molar-refractivity contribution is 5.58. The van der Waals surface area contributed by atoms with E-state index in [0.717, 1.165) is 31.0 Å². The van der Waals surface area contributed by atoms with E-state index in [2.05, 4.69) is 38.0 Å². The van der Waals surface area contributed by atoms with Crippen LogP contribution in [0.2, 0.25) is 0 Å². The van der Waals surface area contributed by atoms with Gasteiger partial charge in [-0.05, 0) is 19.5 Å². The zero-order valence-corrected chi connectivity index (χ0v) is 14.3. The van der Waals surface area contributed by atoms with Crippen molar-refractivity contribution in [1.82, 2.24) is 20.0 Å². The Morgan fingerprint density at radius 1 is 1.50 bits per heavy atom. The van der Waals surface area contributed by atoms with Crippen molar-refractivity contribution < 1.29 is 4.52 Å². The standard InChI is InChI=1S/C17H22N6O/c1-12(2)17-20-16(21-24-17)11-22(3)14-5-7-23(10-14)15-4-6-19-9-13(15)8-18/h4,6,9,12,14H,5,7,10-11H2,1-3H3. The molecule has 2 aromatic heterocycles. The van der Waals surface area contributed by atoms with Crippen molar-refractivity contribution >= 4 is 5.69 Å². The number of rotatable bonds is 5. The lowest BCUT2D eigenvalue weighted by atomic mass is 10.2. The predicted octanol–water partition coefficient (Wildman–Crippen LogP) is 2.17. The minimum atomic E-state index is 0.245. The summed E-state index contributed by atoms with van der Waals surface area (Å²) in [6, 6.07) is 4.53. The summed E-state index contributed by atoms with van der Waals surface area (Å²) in [6.45, 7) is 6.55. The molecule has 0 aliphatic carbocycles. The van der Waals surface area contributed by atoms with Crippen molar-refractivity contribution in [3.05, 3.63) is 35.7 Å². The fraction of sp³-hybridized carbons (Fsp3) is 0.529. The van der Waals surface area contributed by atoms with Crippen LogP contribution in [0.3, 0.4) is 0 Å². The molecule has 126 valence electrons. The summed E-state index contributed by atoms with van der Waals surface area (Å²) in [6.07, 6.45) is 4.40. The maximum Gasteiger partial charge on any atom is 0.229 e. The third-order valence-corrected chi connectivity index (χ3v) is 4.41. The molecule has 0 saturated carbocycles. The van der Waals surface area contributed by atoms with Crippen LogP contribution in [0.15, 0.2) is 23.0 Å².